The van der Waals surface area contributed by atoms with Gasteiger partial charge < -0.3 is 10.1 Å². The van der Waals surface area contributed by atoms with Gasteiger partial charge in [0.25, 0.3) is 5.91 Å². The fourth-order valence-corrected chi connectivity index (χ4v) is 2.80. The van der Waals surface area contributed by atoms with Crippen LogP contribution in [0.2, 0.25) is 0 Å². The molecule has 1 aromatic carbocycles. The van der Waals surface area contributed by atoms with E-state index in [9.17, 15) is 14.4 Å². The number of ketones is 1. The van der Waals surface area contributed by atoms with Gasteiger partial charge in [-0.25, -0.2) is 0 Å². The normalized spacial score (nSPS) is 11.6. The lowest BCUT2D eigenvalue weighted by molar-refractivity contribution is -0.141. The van der Waals surface area contributed by atoms with Crippen LogP contribution in [-0.2, 0) is 9.53 Å². The predicted molar refractivity (Wildman–Crippen MR) is 97.1 cm³/mol. The van der Waals surface area contributed by atoms with Crippen molar-refractivity contribution in [2.24, 2.45) is 0 Å². The number of esters is 1. The van der Waals surface area contributed by atoms with Crippen LogP contribution in [0.15, 0.2) is 41.8 Å². The van der Waals surface area contributed by atoms with Crippen LogP contribution in [-0.4, -0.2) is 30.8 Å². The molecule has 0 saturated heterocycles. The Balaban J connectivity index is 1.77. The first-order chi connectivity index (χ1) is 12.0. The lowest BCUT2D eigenvalue weighted by Gasteiger charge is -2.09. The highest BCUT2D eigenvalue weighted by Crippen LogP contribution is 2.19. The van der Waals surface area contributed by atoms with Crippen molar-refractivity contribution in [3.63, 3.8) is 0 Å². The first-order valence-electron chi connectivity index (χ1n) is 8.11. The van der Waals surface area contributed by atoms with Gasteiger partial charge in [0, 0.05) is 5.56 Å². The van der Waals surface area contributed by atoms with E-state index < -0.39 is 5.97 Å². The molecule has 0 spiro atoms. The minimum absolute atomic E-state index is 0.267. The minimum atomic E-state index is -0.644. The number of carbonyl (C=O) groups is 3. The quantitative estimate of drug-likeness (QED) is 0.579. The highest BCUT2D eigenvalue weighted by molar-refractivity contribution is 7.12. The van der Waals surface area contributed by atoms with Gasteiger partial charge in [-0.2, -0.15) is 0 Å². The molecule has 0 radical (unpaired) electrons. The summed E-state index contributed by atoms with van der Waals surface area (Å²) >= 11 is 1.28. The number of hydrogen-bond acceptors (Lipinski definition) is 5. The highest BCUT2D eigenvalue weighted by Gasteiger charge is 2.13. The molecular weight excluding hydrogens is 338 g/mol. The zero-order valence-corrected chi connectivity index (χ0v) is 15.1. The van der Waals surface area contributed by atoms with E-state index in [1.165, 1.54) is 16.9 Å². The molecule has 1 aromatic heterocycles. The van der Waals surface area contributed by atoms with Gasteiger partial charge in [0.05, 0.1) is 4.88 Å². The number of hydrogen-bond donors (Lipinski definition) is 1. The largest absolute Gasteiger partial charge is 0.456 e. The van der Waals surface area contributed by atoms with Crippen LogP contribution < -0.4 is 5.32 Å². The number of Topliss-reactive ketones (excluding diaryl/α,β-unsaturated/α-hetero) is 1. The van der Waals surface area contributed by atoms with Gasteiger partial charge in [0.15, 0.2) is 12.4 Å². The van der Waals surface area contributed by atoms with Crippen LogP contribution >= 0.6 is 11.3 Å². The summed E-state index contributed by atoms with van der Waals surface area (Å²) in [5.41, 5.74) is 1.68. The topological polar surface area (TPSA) is 72.5 Å². The van der Waals surface area contributed by atoms with Crippen molar-refractivity contribution in [2.75, 3.05) is 13.2 Å². The summed E-state index contributed by atoms with van der Waals surface area (Å²) in [5.74, 6) is -0.809. The molecule has 1 N–H and O–H groups in total. The molecule has 132 valence electrons. The van der Waals surface area contributed by atoms with Gasteiger partial charge in [-0.05, 0) is 29.3 Å². The first-order valence-corrected chi connectivity index (χ1v) is 8.99. The fraction of sp³-hybridized carbons (Fsp3) is 0.316. The maximum atomic E-state index is 12.1. The van der Waals surface area contributed by atoms with Crippen molar-refractivity contribution in [2.45, 2.75) is 26.2 Å². The first kappa shape index (κ1) is 18.9. The maximum Gasteiger partial charge on any atom is 0.325 e. The number of nitrogens with one attached hydrogen (secondary N) is 1. The van der Waals surface area contributed by atoms with Crippen molar-refractivity contribution >= 4 is 29.0 Å². The summed E-state index contributed by atoms with van der Waals surface area (Å²) in [7, 11) is 0. The molecule has 25 heavy (non-hydrogen) atoms. The second-order valence-corrected chi connectivity index (χ2v) is 6.62. The molecule has 0 saturated carbocycles. The van der Waals surface area contributed by atoms with Crippen molar-refractivity contribution in [3.8, 4) is 0 Å². The molecule has 0 bridgehead atoms. The minimum Gasteiger partial charge on any atom is -0.456 e. The molecule has 6 heteroatoms. The molecule has 0 aliphatic rings. The summed E-state index contributed by atoms with van der Waals surface area (Å²) in [6, 6.07) is 10.8. The lowest BCUT2D eigenvalue weighted by atomic mass is 9.97. The number of benzene rings is 1. The Morgan fingerprint density at radius 3 is 2.48 bits per heavy atom. The van der Waals surface area contributed by atoms with Gasteiger partial charge in [-0.15, -0.1) is 11.3 Å². The van der Waals surface area contributed by atoms with Gasteiger partial charge in [-0.3, -0.25) is 14.4 Å². The molecule has 5 nitrogen and oxygen atoms in total. The van der Waals surface area contributed by atoms with Crippen LogP contribution in [0.3, 0.4) is 0 Å². The molecule has 0 aliphatic carbocycles. The van der Waals surface area contributed by atoms with Gasteiger partial charge in [0.2, 0.25) is 0 Å². The molecular formula is C19H21NO4S. The third-order valence-electron chi connectivity index (χ3n) is 3.92. The zero-order valence-electron chi connectivity index (χ0n) is 14.3. The fourth-order valence-electron chi connectivity index (χ4n) is 2.16. The van der Waals surface area contributed by atoms with Crippen LogP contribution in [0, 0.1) is 0 Å². The van der Waals surface area contributed by atoms with Crippen molar-refractivity contribution in [1.82, 2.24) is 5.32 Å². The van der Waals surface area contributed by atoms with E-state index in [-0.39, 0.29) is 24.8 Å². The summed E-state index contributed by atoms with van der Waals surface area (Å²) < 4.78 is 4.93. The summed E-state index contributed by atoms with van der Waals surface area (Å²) in [5, 5.41) is 4.24. The lowest BCUT2D eigenvalue weighted by Crippen LogP contribution is -2.31. The Morgan fingerprint density at radius 2 is 1.88 bits per heavy atom. The van der Waals surface area contributed by atoms with Gasteiger partial charge in [0.1, 0.15) is 6.54 Å². The monoisotopic (exact) mass is 359 g/mol. The van der Waals surface area contributed by atoms with E-state index >= 15 is 0 Å². The molecule has 1 amide bonds. The summed E-state index contributed by atoms with van der Waals surface area (Å²) in [4.78, 5) is 35.9. The Morgan fingerprint density at radius 1 is 1.16 bits per heavy atom. The number of ether oxygens (including phenoxy) is 1. The number of amides is 1. The van der Waals surface area contributed by atoms with Crippen molar-refractivity contribution in [1.29, 1.82) is 0 Å². The SMILES string of the molecule is CC[C@@H](C)c1ccc(C(=O)COC(=O)CNC(=O)c2cccs2)cc1. The van der Waals surface area contributed by atoms with Crippen molar-refractivity contribution < 1.29 is 19.1 Å². The smallest absolute Gasteiger partial charge is 0.325 e. The van der Waals surface area contributed by atoms with Crippen LogP contribution in [0.1, 0.15) is 51.8 Å². The van der Waals surface area contributed by atoms with E-state index in [4.69, 9.17) is 4.74 Å². The standard InChI is InChI=1S/C19H21NO4S/c1-3-13(2)14-6-8-15(9-7-14)16(21)12-24-18(22)11-20-19(23)17-5-4-10-25-17/h4-10,13H,3,11-12H2,1-2H3,(H,20,23)/t13-/m1/s1. The predicted octanol–water partition coefficient (Wildman–Crippen LogP) is 3.42. The Bertz CT molecular complexity index is 722. The Kier molecular flexibility index (Phi) is 6.89. The average molecular weight is 359 g/mol. The maximum absolute atomic E-state index is 12.1. The molecule has 0 aliphatic heterocycles. The zero-order chi connectivity index (χ0) is 18.2. The number of thiophene rings is 1. The Hall–Kier alpha value is -2.47. The van der Waals surface area contributed by atoms with E-state index in [2.05, 4.69) is 19.2 Å². The summed E-state index contributed by atoms with van der Waals surface area (Å²) in [6.07, 6.45) is 1.03. The van der Waals surface area contributed by atoms with E-state index in [0.717, 1.165) is 6.42 Å². The molecule has 2 aromatic rings. The molecule has 1 atom stereocenters. The molecule has 1 heterocycles. The van der Waals surface area contributed by atoms with E-state index in [1.807, 2.05) is 12.1 Å². The summed E-state index contributed by atoms with van der Waals surface area (Å²) in [6.45, 7) is 3.64. The molecule has 2 rings (SSSR count). The number of carbonyl (C=O) groups excluding carboxylic acids is 3. The van der Waals surface area contributed by atoms with Gasteiger partial charge >= 0.3 is 5.97 Å². The van der Waals surface area contributed by atoms with Crippen LogP contribution in [0.25, 0.3) is 0 Å². The molecule has 0 unspecified atom stereocenters. The third kappa shape index (κ3) is 5.53. The van der Waals surface area contributed by atoms with Crippen LogP contribution in [0.5, 0.6) is 0 Å². The average Bonchev–Trinajstić information content (AvgIpc) is 3.18. The number of rotatable bonds is 8. The van der Waals surface area contributed by atoms with E-state index in [0.29, 0.717) is 16.4 Å². The molecule has 0 fully saturated rings. The second kappa shape index (κ2) is 9.13. The van der Waals surface area contributed by atoms with E-state index in [1.54, 1.807) is 29.6 Å². The third-order valence-corrected chi connectivity index (χ3v) is 4.79. The van der Waals surface area contributed by atoms with Crippen LogP contribution in [0.4, 0.5) is 0 Å². The van der Waals surface area contributed by atoms with Gasteiger partial charge in [-0.1, -0.05) is 44.2 Å². The Labute approximate surface area is 151 Å². The second-order valence-electron chi connectivity index (χ2n) is 5.68. The van der Waals surface area contributed by atoms with Crippen molar-refractivity contribution in [3.05, 3.63) is 57.8 Å². The highest BCUT2D eigenvalue weighted by atomic mass is 32.1.